The Labute approximate surface area is 98.1 Å². The molecule has 2 rings (SSSR count). The normalized spacial score (nSPS) is 38.8. The summed E-state index contributed by atoms with van der Waals surface area (Å²) in [5.41, 5.74) is 0.00979. The summed E-state index contributed by atoms with van der Waals surface area (Å²) < 4.78 is 11.4. The van der Waals surface area contributed by atoms with Gasteiger partial charge in [-0.1, -0.05) is 6.92 Å². The smallest absolute Gasteiger partial charge is 0.0939 e. The number of aliphatic hydroxyl groups excluding tert-OH is 1. The van der Waals surface area contributed by atoms with Gasteiger partial charge in [-0.2, -0.15) is 0 Å². The molecule has 94 valence electrons. The molecule has 16 heavy (non-hydrogen) atoms. The van der Waals surface area contributed by atoms with Crippen LogP contribution in [0.15, 0.2) is 0 Å². The first-order chi connectivity index (χ1) is 7.61. The van der Waals surface area contributed by atoms with Crippen LogP contribution in [0.2, 0.25) is 0 Å². The summed E-state index contributed by atoms with van der Waals surface area (Å²) in [5, 5.41) is 9.45. The van der Waals surface area contributed by atoms with Gasteiger partial charge in [0.2, 0.25) is 0 Å². The lowest BCUT2D eigenvalue weighted by Crippen LogP contribution is -2.42. The quantitative estimate of drug-likeness (QED) is 0.802. The largest absolute Gasteiger partial charge is 0.393 e. The molecule has 3 nitrogen and oxygen atoms in total. The van der Waals surface area contributed by atoms with Crippen molar-refractivity contribution in [3.05, 3.63) is 0 Å². The Hall–Kier alpha value is -0.120. The van der Waals surface area contributed by atoms with Gasteiger partial charge < -0.3 is 14.6 Å². The highest BCUT2D eigenvalue weighted by atomic mass is 16.6. The fourth-order valence-corrected chi connectivity index (χ4v) is 3.15. The van der Waals surface area contributed by atoms with E-state index in [0.717, 1.165) is 45.5 Å². The third kappa shape index (κ3) is 2.76. The Bertz CT molecular complexity index is 221. The van der Waals surface area contributed by atoms with Gasteiger partial charge in [0.1, 0.15) is 0 Å². The average molecular weight is 228 g/mol. The monoisotopic (exact) mass is 228 g/mol. The van der Waals surface area contributed by atoms with Gasteiger partial charge in [0.15, 0.2) is 0 Å². The van der Waals surface area contributed by atoms with Crippen LogP contribution in [-0.2, 0) is 9.47 Å². The van der Waals surface area contributed by atoms with Crippen LogP contribution in [0.25, 0.3) is 0 Å². The molecule has 2 heterocycles. The summed E-state index contributed by atoms with van der Waals surface area (Å²) in [5.74, 6) is 1.27. The molecule has 2 aliphatic heterocycles. The molecule has 0 radical (unpaired) electrons. The average Bonchev–Trinajstić information content (AvgIpc) is 2.65. The lowest BCUT2D eigenvalue weighted by molar-refractivity contribution is -0.107. The van der Waals surface area contributed by atoms with Crippen molar-refractivity contribution in [1.82, 2.24) is 0 Å². The predicted octanol–water partition coefficient (Wildman–Crippen LogP) is 1.98. The van der Waals surface area contributed by atoms with Crippen LogP contribution in [0.3, 0.4) is 0 Å². The molecule has 4 unspecified atom stereocenters. The van der Waals surface area contributed by atoms with E-state index in [9.17, 15) is 5.11 Å². The Kier molecular flexibility index (Phi) is 3.88. The van der Waals surface area contributed by atoms with Crippen LogP contribution in [0, 0.1) is 11.8 Å². The van der Waals surface area contributed by atoms with E-state index >= 15 is 0 Å². The second-order valence-corrected chi connectivity index (χ2v) is 5.65. The van der Waals surface area contributed by atoms with Crippen molar-refractivity contribution in [2.24, 2.45) is 11.8 Å². The van der Waals surface area contributed by atoms with Crippen molar-refractivity contribution >= 4 is 0 Å². The van der Waals surface area contributed by atoms with Crippen molar-refractivity contribution in [3.63, 3.8) is 0 Å². The van der Waals surface area contributed by atoms with E-state index in [1.165, 1.54) is 0 Å². The molecule has 0 amide bonds. The van der Waals surface area contributed by atoms with Crippen LogP contribution in [0.1, 0.15) is 39.5 Å². The third-order valence-corrected chi connectivity index (χ3v) is 4.12. The standard InChI is InChI=1S/C13H24O3/c1-10(7-11(2)14)12-3-5-16-13(8-12)4-6-15-9-13/h10-12,14H,3-9H2,1-2H3. The maximum Gasteiger partial charge on any atom is 0.0939 e. The lowest BCUT2D eigenvalue weighted by atomic mass is 9.77. The first kappa shape index (κ1) is 12.3. The molecule has 2 saturated heterocycles. The molecule has 0 aromatic carbocycles. The summed E-state index contributed by atoms with van der Waals surface area (Å²) in [7, 11) is 0. The Balaban J connectivity index is 1.90. The molecule has 1 N–H and O–H groups in total. The van der Waals surface area contributed by atoms with E-state index in [4.69, 9.17) is 9.47 Å². The van der Waals surface area contributed by atoms with E-state index in [1.54, 1.807) is 0 Å². The minimum Gasteiger partial charge on any atom is -0.393 e. The van der Waals surface area contributed by atoms with Gasteiger partial charge in [-0.05, 0) is 38.0 Å². The van der Waals surface area contributed by atoms with Gasteiger partial charge in [-0.15, -0.1) is 0 Å². The molecule has 0 bridgehead atoms. The Morgan fingerprint density at radius 2 is 2.19 bits per heavy atom. The number of hydrogen-bond donors (Lipinski definition) is 1. The summed E-state index contributed by atoms with van der Waals surface area (Å²) in [4.78, 5) is 0. The molecule has 0 aromatic rings. The molecule has 2 fully saturated rings. The molecular weight excluding hydrogens is 204 g/mol. The summed E-state index contributed by atoms with van der Waals surface area (Å²) in [6.45, 7) is 6.61. The van der Waals surface area contributed by atoms with Crippen molar-refractivity contribution in [2.45, 2.75) is 51.2 Å². The van der Waals surface area contributed by atoms with Crippen molar-refractivity contribution in [2.75, 3.05) is 19.8 Å². The second kappa shape index (κ2) is 5.03. The summed E-state index contributed by atoms with van der Waals surface area (Å²) in [6, 6.07) is 0. The van der Waals surface area contributed by atoms with Gasteiger partial charge in [0.05, 0.1) is 18.3 Å². The SMILES string of the molecule is CC(O)CC(C)C1CCOC2(CCOC2)C1. The van der Waals surface area contributed by atoms with Gasteiger partial charge in [-0.25, -0.2) is 0 Å². The van der Waals surface area contributed by atoms with E-state index in [2.05, 4.69) is 6.92 Å². The highest BCUT2D eigenvalue weighted by Gasteiger charge is 2.42. The van der Waals surface area contributed by atoms with Crippen molar-refractivity contribution in [1.29, 1.82) is 0 Å². The Morgan fingerprint density at radius 1 is 1.38 bits per heavy atom. The molecule has 2 aliphatic rings. The molecule has 0 saturated carbocycles. The van der Waals surface area contributed by atoms with E-state index < -0.39 is 0 Å². The summed E-state index contributed by atoms with van der Waals surface area (Å²) in [6.07, 6.45) is 4.01. The maximum absolute atomic E-state index is 9.45. The number of ether oxygens (including phenoxy) is 2. The third-order valence-electron chi connectivity index (χ3n) is 4.12. The first-order valence-corrected chi connectivity index (χ1v) is 6.51. The van der Waals surface area contributed by atoms with Crippen LogP contribution >= 0.6 is 0 Å². The van der Waals surface area contributed by atoms with Crippen LogP contribution in [-0.4, -0.2) is 36.6 Å². The number of rotatable bonds is 3. The highest BCUT2D eigenvalue weighted by molar-refractivity contribution is 4.91. The van der Waals surface area contributed by atoms with Gasteiger partial charge >= 0.3 is 0 Å². The minimum absolute atomic E-state index is 0.00979. The highest BCUT2D eigenvalue weighted by Crippen LogP contribution is 2.39. The fourth-order valence-electron chi connectivity index (χ4n) is 3.15. The minimum atomic E-state index is -0.186. The van der Waals surface area contributed by atoms with Crippen molar-refractivity contribution < 1.29 is 14.6 Å². The lowest BCUT2D eigenvalue weighted by Gasteiger charge is -2.39. The van der Waals surface area contributed by atoms with Crippen LogP contribution in [0.4, 0.5) is 0 Å². The number of aliphatic hydroxyl groups is 1. The molecular formula is C13H24O3. The first-order valence-electron chi connectivity index (χ1n) is 6.51. The fraction of sp³-hybridized carbons (Fsp3) is 1.00. The van der Waals surface area contributed by atoms with Crippen molar-refractivity contribution in [3.8, 4) is 0 Å². The van der Waals surface area contributed by atoms with Gasteiger partial charge in [-0.3, -0.25) is 0 Å². The Morgan fingerprint density at radius 3 is 2.81 bits per heavy atom. The molecule has 3 heteroatoms. The molecule has 4 atom stereocenters. The predicted molar refractivity (Wildman–Crippen MR) is 62.3 cm³/mol. The molecule has 0 aromatic heterocycles. The zero-order chi connectivity index (χ0) is 11.6. The van der Waals surface area contributed by atoms with E-state index in [1.807, 2.05) is 6.92 Å². The second-order valence-electron chi connectivity index (χ2n) is 5.65. The summed E-state index contributed by atoms with van der Waals surface area (Å²) >= 11 is 0. The van der Waals surface area contributed by atoms with Gasteiger partial charge in [0, 0.05) is 19.6 Å². The molecule has 0 aliphatic carbocycles. The topological polar surface area (TPSA) is 38.7 Å². The maximum atomic E-state index is 9.45. The van der Waals surface area contributed by atoms with Gasteiger partial charge in [0.25, 0.3) is 0 Å². The van der Waals surface area contributed by atoms with E-state index in [0.29, 0.717) is 11.8 Å². The zero-order valence-electron chi connectivity index (χ0n) is 10.4. The van der Waals surface area contributed by atoms with Crippen LogP contribution in [0.5, 0.6) is 0 Å². The number of hydrogen-bond acceptors (Lipinski definition) is 3. The molecule has 1 spiro atoms. The van der Waals surface area contributed by atoms with Crippen LogP contribution < -0.4 is 0 Å². The van der Waals surface area contributed by atoms with E-state index in [-0.39, 0.29) is 11.7 Å². The zero-order valence-corrected chi connectivity index (χ0v) is 10.4.